The highest BCUT2D eigenvalue weighted by Crippen LogP contribution is 1.87. The normalized spacial score (nSPS) is 13.7. The number of nitrogens with one attached hydrogen (secondary N) is 3. The highest BCUT2D eigenvalue weighted by atomic mass is 16.4. The zero-order chi connectivity index (χ0) is 13.6. The van der Waals surface area contributed by atoms with Gasteiger partial charge in [-0.15, -0.1) is 0 Å². The quantitative estimate of drug-likeness (QED) is 0.532. The van der Waals surface area contributed by atoms with E-state index >= 15 is 0 Å². The van der Waals surface area contributed by atoms with E-state index < -0.39 is 24.1 Å². The summed E-state index contributed by atoms with van der Waals surface area (Å²) in [5.41, 5.74) is 0. The maximum atomic E-state index is 11.4. The number of aliphatic carboxylic acids is 1. The molecule has 7 nitrogen and oxygen atoms in total. The predicted octanol–water partition coefficient (Wildman–Crippen LogP) is -0.328. The third kappa shape index (κ3) is 6.39. The van der Waals surface area contributed by atoms with E-state index in [0.29, 0.717) is 0 Å². The number of carbonyl (C=O) groups excluding carboxylic acids is 2. The fraction of sp³-hybridized carbons (Fsp3) is 0.700. The Kier molecular flexibility index (Phi) is 6.01. The van der Waals surface area contributed by atoms with E-state index in [-0.39, 0.29) is 11.9 Å². The molecule has 17 heavy (non-hydrogen) atoms. The molecule has 2 unspecified atom stereocenters. The van der Waals surface area contributed by atoms with Crippen LogP contribution in [0.5, 0.6) is 0 Å². The van der Waals surface area contributed by atoms with Gasteiger partial charge in [-0.25, -0.2) is 4.79 Å². The van der Waals surface area contributed by atoms with Crippen molar-refractivity contribution in [3.63, 3.8) is 0 Å². The summed E-state index contributed by atoms with van der Waals surface area (Å²) < 4.78 is 0. The van der Waals surface area contributed by atoms with E-state index in [0.717, 1.165) is 0 Å². The molecule has 98 valence electrons. The molecule has 0 aromatic heterocycles. The second kappa shape index (κ2) is 6.72. The van der Waals surface area contributed by atoms with Crippen molar-refractivity contribution in [2.45, 2.75) is 45.8 Å². The third-order valence-corrected chi connectivity index (χ3v) is 1.89. The minimum Gasteiger partial charge on any atom is -0.480 e. The van der Waals surface area contributed by atoms with Gasteiger partial charge in [0, 0.05) is 6.04 Å². The molecular weight excluding hydrogens is 226 g/mol. The van der Waals surface area contributed by atoms with Gasteiger partial charge in [-0.1, -0.05) is 0 Å². The summed E-state index contributed by atoms with van der Waals surface area (Å²) in [7, 11) is 0. The summed E-state index contributed by atoms with van der Waals surface area (Å²) in [6.45, 7) is 6.46. The van der Waals surface area contributed by atoms with E-state index in [1.807, 2.05) is 0 Å². The first kappa shape index (κ1) is 15.2. The van der Waals surface area contributed by atoms with Gasteiger partial charge in [-0.05, 0) is 27.7 Å². The molecule has 0 aliphatic carbocycles. The van der Waals surface area contributed by atoms with Gasteiger partial charge in [0.15, 0.2) is 0 Å². The van der Waals surface area contributed by atoms with Crippen LogP contribution in [0.3, 0.4) is 0 Å². The van der Waals surface area contributed by atoms with Crippen LogP contribution in [0.25, 0.3) is 0 Å². The topological polar surface area (TPSA) is 108 Å². The van der Waals surface area contributed by atoms with Crippen LogP contribution in [0, 0.1) is 0 Å². The molecule has 0 aliphatic rings. The van der Waals surface area contributed by atoms with Crippen molar-refractivity contribution >= 4 is 17.9 Å². The van der Waals surface area contributed by atoms with Crippen LogP contribution in [0.2, 0.25) is 0 Å². The highest BCUT2D eigenvalue weighted by molar-refractivity contribution is 5.88. The number of rotatable bonds is 5. The number of carbonyl (C=O) groups is 3. The van der Waals surface area contributed by atoms with Crippen molar-refractivity contribution in [2.24, 2.45) is 0 Å². The SMILES string of the molecule is CC(C)NC(=O)C(C)NC(=O)NC(C)C(=O)O. The minimum atomic E-state index is -1.14. The van der Waals surface area contributed by atoms with Crippen LogP contribution in [0.4, 0.5) is 4.79 Å². The second-order valence-corrected chi connectivity index (χ2v) is 4.06. The Balaban J connectivity index is 4.12. The third-order valence-electron chi connectivity index (χ3n) is 1.89. The standard InChI is InChI=1S/C10H19N3O4/c1-5(2)11-8(14)6(3)12-10(17)13-7(4)9(15)16/h5-7H,1-4H3,(H,11,14)(H,15,16)(H2,12,13,17). The van der Waals surface area contributed by atoms with Crippen molar-refractivity contribution in [1.29, 1.82) is 0 Å². The van der Waals surface area contributed by atoms with Gasteiger partial charge in [-0.3, -0.25) is 9.59 Å². The van der Waals surface area contributed by atoms with E-state index in [1.165, 1.54) is 13.8 Å². The molecule has 2 atom stereocenters. The Morgan fingerprint density at radius 3 is 1.76 bits per heavy atom. The molecule has 0 spiro atoms. The van der Waals surface area contributed by atoms with Crippen LogP contribution >= 0.6 is 0 Å². The molecule has 0 aromatic rings. The Labute approximate surface area is 100.0 Å². The lowest BCUT2D eigenvalue weighted by molar-refractivity contribution is -0.138. The van der Waals surface area contributed by atoms with Crippen molar-refractivity contribution in [3.05, 3.63) is 0 Å². The molecule has 0 aromatic carbocycles. The summed E-state index contributed by atoms with van der Waals surface area (Å²) in [4.78, 5) is 33.2. The summed E-state index contributed by atoms with van der Waals surface area (Å²) in [6, 6.07) is -2.44. The smallest absolute Gasteiger partial charge is 0.325 e. The first-order chi connectivity index (χ1) is 7.73. The zero-order valence-electron chi connectivity index (χ0n) is 10.4. The maximum absolute atomic E-state index is 11.4. The van der Waals surface area contributed by atoms with Gasteiger partial charge < -0.3 is 21.1 Å². The summed E-state index contributed by atoms with van der Waals surface area (Å²) in [5, 5.41) is 15.7. The summed E-state index contributed by atoms with van der Waals surface area (Å²) in [6.07, 6.45) is 0. The first-order valence-corrected chi connectivity index (χ1v) is 5.34. The van der Waals surface area contributed by atoms with Crippen LogP contribution in [-0.2, 0) is 9.59 Å². The van der Waals surface area contributed by atoms with E-state index in [4.69, 9.17) is 5.11 Å². The van der Waals surface area contributed by atoms with E-state index in [2.05, 4.69) is 16.0 Å². The molecule has 0 fully saturated rings. The molecular formula is C10H19N3O4. The second-order valence-electron chi connectivity index (χ2n) is 4.06. The highest BCUT2D eigenvalue weighted by Gasteiger charge is 2.19. The molecule has 7 heteroatoms. The lowest BCUT2D eigenvalue weighted by atomic mass is 10.3. The van der Waals surface area contributed by atoms with Gasteiger partial charge in [0.2, 0.25) is 5.91 Å². The lowest BCUT2D eigenvalue weighted by Crippen LogP contribution is -2.52. The van der Waals surface area contributed by atoms with Gasteiger partial charge in [0.05, 0.1) is 0 Å². The van der Waals surface area contributed by atoms with Crippen molar-refractivity contribution in [1.82, 2.24) is 16.0 Å². The Morgan fingerprint density at radius 2 is 1.35 bits per heavy atom. The van der Waals surface area contributed by atoms with Crippen molar-refractivity contribution in [2.75, 3.05) is 0 Å². The lowest BCUT2D eigenvalue weighted by Gasteiger charge is -2.17. The Morgan fingerprint density at radius 1 is 0.882 bits per heavy atom. The van der Waals surface area contributed by atoms with Gasteiger partial charge in [-0.2, -0.15) is 0 Å². The van der Waals surface area contributed by atoms with E-state index in [1.54, 1.807) is 13.8 Å². The fourth-order valence-corrected chi connectivity index (χ4v) is 0.972. The number of hydrogen-bond acceptors (Lipinski definition) is 3. The number of urea groups is 1. The molecule has 0 heterocycles. The molecule has 3 amide bonds. The number of hydrogen-bond donors (Lipinski definition) is 4. The van der Waals surface area contributed by atoms with Gasteiger partial charge in [0.25, 0.3) is 0 Å². The van der Waals surface area contributed by atoms with E-state index in [9.17, 15) is 14.4 Å². The molecule has 0 rings (SSSR count). The largest absolute Gasteiger partial charge is 0.480 e. The van der Waals surface area contributed by atoms with Crippen molar-refractivity contribution in [3.8, 4) is 0 Å². The first-order valence-electron chi connectivity index (χ1n) is 5.34. The molecule has 0 saturated carbocycles. The molecule has 0 saturated heterocycles. The van der Waals surface area contributed by atoms with Crippen LogP contribution < -0.4 is 16.0 Å². The minimum absolute atomic E-state index is 0.0206. The molecule has 0 bridgehead atoms. The fourth-order valence-electron chi connectivity index (χ4n) is 0.972. The van der Waals surface area contributed by atoms with Crippen molar-refractivity contribution < 1.29 is 19.5 Å². The van der Waals surface area contributed by atoms with Gasteiger partial charge in [0.1, 0.15) is 12.1 Å². The maximum Gasteiger partial charge on any atom is 0.325 e. The zero-order valence-corrected chi connectivity index (χ0v) is 10.4. The molecule has 4 N–H and O–H groups in total. The average molecular weight is 245 g/mol. The monoisotopic (exact) mass is 245 g/mol. The molecule has 0 radical (unpaired) electrons. The average Bonchev–Trinajstić information content (AvgIpc) is 2.15. The Bertz CT molecular complexity index is 304. The number of carboxylic acid groups (broad SMARTS) is 1. The summed E-state index contributed by atoms with van der Waals surface area (Å²) in [5.74, 6) is -1.46. The number of carboxylic acids is 1. The summed E-state index contributed by atoms with van der Waals surface area (Å²) >= 11 is 0. The Hall–Kier alpha value is -1.79. The van der Waals surface area contributed by atoms with Crippen LogP contribution in [-0.4, -0.2) is 41.1 Å². The van der Waals surface area contributed by atoms with Gasteiger partial charge >= 0.3 is 12.0 Å². The number of amides is 3. The molecule has 0 aliphatic heterocycles. The predicted molar refractivity (Wildman–Crippen MR) is 61.5 cm³/mol. The van der Waals surface area contributed by atoms with Crippen LogP contribution in [0.1, 0.15) is 27.7 Å². The van der Waals surface area contributed by atoms with Crippen LogP contribution in [0.15, 0.2) is 0 Å².